The minimum Gasteiger partial charge on any atom is -0.478 e. The van der Waals surface area contributed by atoms with Crippen LogP contribution < -0.4 is 0 Å². The van der Waals surface area contributed by atoms with Crippen LogP contribution in [0, 0.1) is 25.2 Å². The summed E-state index contributed by atoms with van der Waals surface area (Å²) < 4.78 is 0. The summed E-state index contributed by atoms with van der Waals surface area (Å²) in [7, 11) is 0. The van der Waals surface area contributed by atoms with Crippen LogP contribution in [0.5, 0.6) is 0 Å². The van der Waals surface area contributed by atoms with Gasteiger partial charge in [-0.05, 0) is 43.3 Å². The summed E-state index contributed by atoms with van der Waals surface area (Å²) in [6.45, 7) is 3.50. The van der Waals surface area contributed by atoms with Gasteiger partial charge in [0.05, 0.1) is 5.56 Å². The number of carbonyl (C=O) groups is 1. The highest BCUT2D eigenvalue weighted by Crippen LogP contribution is 2.28. The van der Waals surface area contributed by atoms with Crippen molar-refractivity contribution in [2.75, 3.05) is 0 Å². The van der Waals surface area contributed by atoms with Gasteiger partial charge in [-0.25, -0.2) is 19.7 Å². The van der Waals surface area contributed by atoms with Gasteiger partial charge in [-0.15, -0.1) is 0 Å². The lowest BCUT2D eigenvalue weighted by Gasteiger charge is -2.08. The van der Waals surface area contributed by atoms with Crippen molar-refractivity contribution >= 4 is 17.7 Å². The molecule has 0 amide bonds. The SMILES string of the molecule is Cc1cc(C)c(C(=O)O)c(Sc2nccc(C#N)n2)n1. The second-order valence-electron chi connectivity index (χ2n) is 4.00. The molecule has 0 aliphatic rings. The number of aromatic carboxylic acids is 1. The molecule has 0 fully saturated rings. The van der Waals surface area contributed by atoms with E-state index in [9.17, 15) is 9.90 Å². The molecule has 0 atom stereocenters. The van der Waals surface area contributed by atoms with Crippen molar-refractivity contribution in [2.24, 2.45) is 0 Å². The lowest BCUT2D eigenvalue weighted by molar-refractivity contribution is 0.0691. The fourth-order valence-electron chi connectivity index (χ4n) is 1.68. The first-order valence-electron chi connectivity index (χ1n) is 5.64. The summed E-state index contributed by atoms with van der Waals surface area (Å²) in [6, 6.07) is 5.10. The van der Waals surface area contributed by atoms with Crippen LogP contribution >= 0.6 is 11.8 Å². The molecule has 100 valence electrons. The van der Waals surface area contributed by atoms with Gasteiger partial charge in [0, 0.05) is 11.9 Å². The molecule has 2 heterocycles. The van der Waals surface area contributed by atoms with Gasteiger partial charge in [-0.3, -0.25) is 0 Å². The number of aromatic nitrogens is 3. The number of aryl methyl sites for hydroxylation is 2. The monoisotopic (exact) mass is 286 g/mol. The number of hydrogen-bond donors (Lipinski definition) is 1. The molecule has 0 aromatic carbocycles. The van der Waals surface area contributed by atoms with Gasteiger partial charge in [-0.1, -0.05) is 0 Å². The van der Waals surface area contributed by atoms with Gasteiger partial charge in [0.15, 0.2) is 5.16 Å². The molecule has 6 nitrogen and oxygen atoms in total. The lowest BCUT2D eigenvalue weighted by Crippen LogP contribution is -2.05. The molecule has 0 saturated heterocycles. The predicted molar refractivity (Wildman–Crippen MR) is 71.5 cm³/mol. The maximum Gasteiger partial charge on any atom is 0.338 e. The van der Waals surface area contributed by atoms with E-state index in [1.54, 1.807) is 19.9 Å². The van der Waals surface area contributed by atoms with Crippen LogP contribution in [-0.2, 0) is 0 Å². The smallest absolute Gasteiger partial charge is 0.338 e. The summed E-state index contributed by atoms with van der Waals surface area (Å²) >= 11 is 1.04. The predicted octanol–water partition coefficient (Wildman–Crippen LogP) is 2.21. The van der Waals surface area contributed by atoms with Crippen LogP contribution in [0.25, 0.3) is 0 Å². The number of nitriles is 1. The van der Waals surface area contributed by atoms with Gasteiger partial charge < -0.3 is 5.11 Å². The van der Waals surface area contributed by atoms with E-state index >= 15 is 0 Å². The van der Waals surface area contributed by atoms with E-state index < -0.39 is 5.97 Å². The van der Waals surface area contributed by atoms with E-state index in [4.69, 9.17) is 5.26 Å². The number of pyridine rings is 1. The Bertz CT molecular complexity index is 725. The van der Waals surface area contributed by atoms with Crippen LogP contribution in [0.2, 0.25) is 0 Å². The summed E-state index contributed by atoms with van der Waals surface area (Å²) in [5.41, 5.74) is 1.70. The second-order valence-corrected chi connectivity index (χ2v) is 4.96. The molecule has 0 spiro atoms. The Hall–Kier alpha value is -2.46. The molecule has 0 bridgehead atoms. The normalized spacial score (nSPS) is 10.1. The Morgan fingerprint density at radius 3 is 2.80 bits per heavy atom. The van der Waals surface area contributed by atoms with E-state index in [0.717, 1.165) is 11.8 Å². The van der Waals surface area contributed by atoms with Crippen molar-refractivity contribution in [3.8, 4) is 6.07 Å². The van der Waals surface area contributed by atoms with Crippen LogP contribution in [0.3, 0.4) is 0 Å². The average Bonchev–Trinajstić information content (AvgIpc) is 2.37. The van der Waals surface area contributed by atoms with Crippen LogP contribution in [0.4, 0.5) is 0 Å². The number of nitrogens with zero attached hydrogens (tertiary/aromatic N) is 4. The zero-order valence-electron chi connectivity index (χ0n) is 10.8. The van der Waals surface area contributed by atoms with Gasteiger partial charge in [-0.2, -0.15) is 5.26 Å². The molecule has 7 heteroatoms. The van der Waals surface area contributed by atoms with Crippen molar-refractivity contribution in [1.29, 1.82) is 5.26 Å². The summed E-state index contributed by atoms with van der Waals surface area (Å²) in [4.78, 5) is 23.6. The minimum atomic E-state index is -1.05. The molecule has 0 unspecified atom stereocenters. The molecule has 0 aliphatic carbocycles. The minimum absolute atomic E-state index is 0.131. The number of carboxylic acids is 1. The average molecular weight is 286 g/mol. The molecule has 0 saturated carbocycles. The molecular formula is C13H10N4O2S. The van der Waals surface area contributed by atoms with Crippen LogP contribution in [0.1, 0.15) is 27.3 Å². The highest BCUT2D eigenvalue weighted by Gasteiger charge is 2.17. The molecule has 0 radical (unpaired) electrons. The van der Waals surface area contributed by atoms with Crippen LogP contribution in [0.15, 0.2) is 28.5 Å². The Kier molecular flexibility index (Phi) is 3.96. The third-order valence-electron chi connectivity index (χ3n) is 2.46. The molecule has 2 aromatic heterocycles. The maximum atomic E-state index is 11.3. The number of carboxylic acid groups (broad SMARTS) is 1. The summed E-state index contributed by atoms with van der Waals surface area (Å²) in [5.74, 6) is -1.05. The third-order valence-corrected chi connectivity index (χ3v) is 3.33. The van der Waals surface area contributed by atoms with E-state index in [2.05, 4.69) is 15.0 Å². The van der Waals surface area contributed by atoms with E-state index in [-0.39, 0.29) is 11.3 Å². The van der Waals surface area contributed by atoms with E-state index in [0.29, 0.717) is 21.4 Å². The fraction of sp³-hybridized carbons (Fsp3) is 0.154. The standard InChI is InChI=1S/C13H10N4O2S/c1-7-5-8(2)16-11(10(7)12(18)19)20-13-15-4-3-9(6-14)17-13/h3-5H,1-2H3,(H,18,19). The molecular weight excluding hydrogens is 276 g/mol. The first-order valence-corrected chi connectivity index (χ1v) is 6.45. The van der Waals surface area contributed by atoms with Crippen molar-refractivity contribution in [1.82, 2.24) is 15.0 Å². The number of hydrogen-bond acceptors (Lipinski definition) is 6. The van der Waals surface area contributed by atoms with Gasteiger partial charge in [0.25, 0.3) is 0 Å². The van der Waals surface area contributed by atoms with Crippen LogP contribution in [-0.4, -0.2) is 26.0 Å². The quantitative estimate of drug-likeness (QED) is 0.863. The first-order chi connectivity index (χ1) is 9.51. The largest absolute Gasteiger partial charge is 0.478 e. The zero-order chi connectivity index (χ0) is 14.7. The molecule has 1 N–H and O–H groups in total. The molecule has 2 aromatic rings. The summed E-state index contributed by atoms with van der Waals surface area (Å²) in [6.07, 6.45) is 1.46. The molecule has 20 heavy (non-hydrogen) atoms. The van der Waals surface area contributed by atoms with Gasteiger partial charge >= 0.3 is 5.97 Å². The topological polar surface area (TPSA) is 99.8 Å². The van der Waals surface area contributed by atoms with Crippen molar-refractivity contribution < 1.29 is 9.90 Å². The molecule has 0 aliphatic heterocycles. The lowest BCUT2D eigenvalue weighted by atomic mass is 10.1. The van der Waals surface area contributed by atoms with Gasteiger partial charge in [0.1, 0.15) is 16.8 Å². The van der Waals surface area contributed by atoms with Crippen molar-refractivity contribution in [3.05, 3.63) is 40.8 Å². The first kappa shape index (κ1) is 14.0. The van der Waals surface area contributed by atoms with E-state index in [1.165, 1.54) is 12.3 Å². The van der Waals surface area contributed by atoms with Gasteiger partial charge in [0.2, 0.25) is 0 Å². The maximum absolute atomic E-state index is 11.3. The zero-order valence-corrected chi connectivity index (χ0v) is 11.6. The third kappa shape index (κ3) is 2.92. The number of rotatable bonds is 3. The van der Waals surface area contributed by atoms with Crippen molar-refractivity contribution in [2.45, 2.75) is 24.0 Å². The fourth-order valence-corrected chi connectivity index (χ4v) is 2.65. The Morgan fingerprint density at radius 1 is 1.40 bits per heavy atom. The van der Waals surface area contributed by atoms with E-state index in [1.807, 2.05) is 6.07 Å². The highest BCUT2D eigenvalue weighted by molar-refractivity contribution is 7.99. The highest BCUT2D eigenvalue weighted by atomic mass is 32.2. The molecule has 2 rings (SSSR count). The summed E-state index contributed by atoms with van der Waals surface area (Å²) in [5, 5.41) is 18.7. The Balaban J connectivity index is 2.47. The van der Waals surface area contributed by atoms with Crippen molar-refractivity contribution in [3.63, 3.8) is 0 Å². The second kappa shape index (κ2) is 5.67. The Labute approximate surface area is 119 Å². The Morgan fingerprint density at radius 2 is 2.15 bits per heavy atom.